The number of carbonyl (C=O) groups is 12. The first-order chi connectivity index (χ1) is 57.0. The summed E-state index contributed by atoms with van der Waals surface area (Å²) < 4.78 is 87.3. The number of hydrogen-bond acceptors (Lipinski definition) is 34. The Labute approximate surface area is 717 Å². The third-order valence-corrected chi connectivity index (χ3v) is 28.1. The number of aliphatic hydroxyl groups is 7. The minimum absolute atomic E-state index is 0.0274. The third-order valence-electron chi connectivity index (χ3n) is 28.1. The number of nitrogens with zero attached hydrogens (tertiary/aromatic N) is 1. The summed E-state index contributed by atoms with van der Waals surface area (Å²) in [4.78, 5) is 169. The molecule has 6 aliphatic carbocycles. The van der Waals surface area contributed by atoms with E-state index >= 15 is 9.59 Å². The quantitative estimate of drug-likeness (QED) is 0.0529. The first-order valence-corrected chi connectivity index (χ1v) is 41.1. The summed E-state index contributed by atoms with van der Waals surface area (Å²) in [5.41, 5.74) is -25.0. The number of ether oxygens (including phenoxy) is 15. The van der Waals surface area contributed by atoms with E-state index < -0.39 is 273 Å². The molecule has 10 aliphatic rings. The Balaban J connectivity index is 0.000000241. The smallest absolute Gasteiger partial charge is 0.455 e. The van der Waals surface area contributed by atoms with Crippen LogP contribution in [0.1, 0.15) is 199 Å². The zero-order valence-electron chi connectivity index (χ0n) is 74.4. The number of aliphatic hydroxyl groups excluding tert-OH is 5. The second-order valence-corrected chi connectivity index (χ2v) is 39.4. The number of alkyl carbamates (subject to hydrolysis) is 1. The van der Waals surface area contributed by atoms with Crippen LogP contribution < -0.4 is 5.32 Å². The number of benzene rings is 2. The lowest BCUT2D eigenvalue weighted by Crippen LogP contribution is -2.82. The first kappa shape index (κ1) is 95.4. The topological polar surface area (TPSA) is 500 Å². The molecule has 4 bridgehead atoms. The van der Waals surface area contributed by atoms with Crippen LogP contribution >= 0.6 is 0 Å². The van der Waals surface area contributed by atoms with Crippen LogP contribution in [0.15, 0.2) is 83.0 Å². The largest absolute Gasteiger partial charge is 0.508 e. The SMILES string of the molecule is COC(=O)O[C@@]12CO[C@@H]1CC(O)[C@@]1(C)C(=O)[C@H](OC(C)=O)C3=C(C)[C@@](C)(OC(=O)C4OC(O)C(C)(C)[C@@H]4NC(=O)OC(C)(C)C)C[C@@](O)([C@@H](OC(=O)c4ccccc4)C12)C3(C)C.COC(=O)O[C@@]12CO[C@@H]1CC(O)[C@@]1(C)C(=O)[C@H](OC(C)=O)C3=C(C)[C@@](C)(OC(=O)[C@H](O)[C@@H](N4C(=O)OC(C)(C)C4O)C(C)(C)C)C[C@@](O)([C@@H](OC(=O)c4ccccc4)C12)C3(C)C. The molecule has 2 amide bonds. The number of nitrogens with one attached hydrogen (secondary N) is 1. The number of fused-ring (bicyclic) bond motifs is 10. The number of amides is 2. The third kappa shape index (κ3) is 15.4. The molecule has 24 atom stereocenters. The molecule has 7 unspecified atom stereocenters. The lowest BCUT2D eigenvalue weighted by atomic mass is 9.44. The molecule has 0 aromatic heterocycles. The van der Waals surface area contributed by atoms with Gasteiger partial charge in [0.05, 0.1) is 85.5 Å². The Morgan fingerprint density at radius 1 is 0.565 bits per heavy atom. The van der Waals surface area contributed by atoms with Crippen LogP contribution in [0.5, 0.6) is 0 Å². The van der Waals surface area contributed by atoms with Gasteiger partial charge >= 0.3 is 60.3 Å². The molecule has 2 aromatic carbocycles. The molecule has 4 saturated carbocycles. The fourth-order valence-electron chi connectivity index (χ4n) is 20.9. The Hall–Kier alpha value is -9.24. The molecule has 2 aromatic rings. The van der Waals surface area contributed by atoms with Crippen LogP contribution in [-0.2, 0) is 99.8 Å². The standard InChI is InChI=1S/2C44H59NO17/c1-21-26-28(58-22(2)46)31(49)42(11)24(47)18-25-43(20-57-25,62-37(54)56-12)29(42)32(59-33(50)23-16-14-13-15-17-23)44(55,39(26,6)7)19-41(21,10)60-34(51)27(48)30(38(3,4)5)45-35(52)40(8,9)61-36(45)53;1-21-26-27(57-22(2)46)31(48)42(11)24(47)18-25-43(20-56-25,62-37(53)55-12)29(42)32(59-33(49)23-16-14-13-15-17-23)44(54,40(26,8)9)19-41(21,10)60-34(50)28-30(39(6,7)35(51)58-28)45-36(52)61-38(3,4)5/h13-17,24-25,27-30,32,35,47-48,52,55H,18-20H2,1-12H3;13-17,24-25,27-30,32,35,47,51,54H,18-20H2,1-12H3,(H,45,52)/t24?,25-,27-,28-,29?,30-,32+,35?,41+,42-,43+,44-;24?,25-,27-,28?,29?,30-,32+,35?,41+,42-,43+,44-/m11/s1. The van der Waals surface area contributed by atoms with E-state index in [4.69, 9.17) is 71.1 Å². The van der Waals surface area contributed by atoms with E-state index in [0.717, 1.165) is 33.0 Å². The number of ketones is 2. The molecule has 124 heavy (non-hydrogen) atoms. The normalized spacial score (nSPS) is 37.5. The molecule has 36 heteroatoms. The average molecular weight is 1750 g/mol. The van der Waals surface area contributed by atoms with Gasteiger partial charge in [-0.05, 0) is 128 Å². The number of hydrogen-bond donors (Lipinski definition) is 8. The van der Waals surface area contributed by atoms with Gasteiger partial charge in [-0.25, -0.2) is 38.4 Å². The average Bonchev–Trinajstić information content (AvgIpc) is 0.734. The van der Waals surface area contributed by atoms with E-state index in [1.165, 1.54) is 93.5 Å². The van der Waals surface area contributed by atoms with Crippen LogP contribution in [0.25, 0.3) is 0 Å². The van der Waals surface area contributed by atoms with Crippen LogP contribution in [0, 0.1) is 44.3 Å². The van der Waals surface area contributed by atoms with Crippen molar-refractivity contribution in [2.24, 2.45) is 44.3 Å². The second kappa shape index (κ2) is 32.3. The Kier molecular flexibility index (Phi) is 24.8. The molecule has 4 heterocycles. The highest BCUT2D eigenvalue weighted by Gasteiger charge is 2.82. The highest BCUT2D eigenvalue weighted by atomic mass is 16.8. The minimum Gasteiger partial charge on any atom is -0.455 e. The van der Waals surface area contributed by atoms with Crippen molar-refractivity contribution in [1.29, 1.82) is 0 Å². The van der Waals surface area contributed by atoms with E-state index in [1.807, 2.05) is 0 Å². The summed E-state index contributed by atoms with van der Waals surface area (Å²) >= 11 is 0. The van der Waals surface area contributed by atoms with Crippen LogP contribution in [0.2, 0.25) is 0 Å². The number of rotatable bonds is 15. The second-order valence-electron chi connectivity index (χ2n) is 39.4. The molecule has 12 rings (SSSR count). The van der Waals surface area contributed by atoms with Crippen molar-refractivity contribution in [3.8, 4) is 0 Å². The van der Waals surface area contributed by atoms with Gasteiger partial charge in [-0.1, -0.05) is 98.7 Å². The zero-order chi connectivity index (χ0) is 92.8. The van der Waals surface area contributed by atoms with E-state index in [0.29, 0.717) is 0 Å². The maximum absolute atomic E-state index is 15.6. The number of esters is 6. The number of methoxy groups -OCH3 is 2. The fraction of sp³-hybridized carbons (Fsp3) is 0.682. The van der Waals surface area contributed by atoms with Gasteiger partial charge < -0.3 is 112 Å². The molecular weight excluding hydrogens is 1630 g/mol. The number of Topliss-reactive ketones (excluding diaryl/α,β-unsaturated/α-hetero) is 2. The molecule has 0 spiro atoms. The van der Waals surface area contributed by atoms with Crippen LogP contribution in [-0.4, -0.2) is 270 Å². The van der Waals surface area contributed by atoms with Gasteiger partial charge in [0, 0.05) is 55.8 Å². The van der Waals surface area contributed by atoms with Crippen molar-refractivity contribution in [2.75, 3.05) is 27.4 Å². The van der Waals surface area contributed by atoms with Gasteiger partial charge in [0.25, 0.3) is 0 Å². The van der Waals surface area contributed by atoms with Crippen molar-refractivity contribution >= 4 is 71.9 Å². The van der Waals surface area contributed by atoms with Crippen molar-refractivity contribution in [3.63, 3.8) is 0 Å². The van der Waals surface area contributed by atoms with Gasteiger partial charge in [0.1, 0.15) is 52.4 Å². The summed E-state index contributed by atoms with van der Waals surface area (Å²) in [5, 5.41) is 88.6. The number of carbonyl (C=O) groups excluding carboxylic acids is 12. The first-order valence-electron chi connectivity index (χ1n) is 41.1. The molecular formula is C88H118N2O34. The zero-order valence-corrected chi connectivity index (χ0v) is 74.4. The predicted molar refractivity (Wildman–Crippen MR) is 425 cm³/mol. The van der Waals surface area contributed by atoms with Crippen molar-refractivity contribution in [3.05, 3.63) is 94.1 Å². The van der Waals surface area contributed by atoms with E-state index in [-0.39, 0.29) is 46.3 Å². The van der Waals surface area contributed by atoms with Crippen molar-refractivity contribution in [1.82, 2.24) is 10.2 Å². The van der Waals surface area contributed by atoms with Gasteiger partial charge in [-0.3, -0.25) is 24.1 Å². The van der Waals surface area contributed by atoms with Crippen molar-refractivity contribution < 1.29 is 164 Å². The van der Waals surface area contributed by atoms with E-state index in [2.05, 4.69) is 5.32 Å². The monoisotopic (exact) mass is 1750 g/mol. The van der Waals surface area contributed by atoms with Gasteiger partial charge in [-0.2, -0.15) is 0 Å². The van der Waals surface area contributed by atoms with Crippen LogP contribution in [0.3, 0.4) is 0 Å². The van der Waals surface area contributed by atoms with E-state index in [9.17, 15) is 83.7 Å². The van der Waals surface area contributed by atoms with Crippen LogP contribution in [0.4, 0.5) is 19.2 Å². The highest BCUT2D eigenvalue weighted by Crippen LogP contribution is 2.69. The molecule has 4 aliphatic heterocycles. The van der Waals surface area contributed by atoms with Gasteiger partial charge in [-0.15, -0.1) is 0 Å². The minimum atomic E-state index is -2.50. The molecule has 0 radical (unpaired) electrons. The Bertz CT molecular complexity index is 4680. The fourth-order valence-corrected chi connectivity index (χ4v) is 20.9. The predicted octanol–water partition coefficient (Wildman–Crippen LogP) is 6.59. The molecule has 8 N–H and O–H groups in total. The molecule has 36 nitrogen and oxygen atoms in total. The Morgan fingerprint density at radius 3 is 1.30 bits per heavy atom. The number of cyclic esters (lactones) is 1. The van der Waals surface area contributed by atoms with Gasteiger partial charge in [0.15, 0.2) is 65.3 Å². The summed E-state index contributed by atoms with van der Waals surface area (Å²) in [6, 6.07) is 12.8. The highest BCUT2D eigenvalue weighted by molar-refractivity contribution is 5.97. The Morgan fingerprint density at radius 2 is 0.960 bits per heavy atom. The molecule has 684 valence electrons. The lowest BCUT2D eigenvalue weighted by Gasteiger charge is -2.67. The summed E-state index contributed by atoms with van der Waals surface area (Å²) in [5.74, 6) is -11.3. The molecule has 8 fully saturated rings. The summed E-state index contributed by atoms with van der Waals surface area (Å²) in [7, 11) is 2.12. The maximum Gasteiger partial charge on any atom is 0.508 e. The van der Waals surface area contributed by atoms with Crippen molar-refractivity contribution in [2.45, 2.75) is 308 Å². The maximum atomic E-state index is 15.6. The van der Waals surface area contributed by atoms with E-state index in [1.54, 1.807) is 106 Å². The molecule has 4 saturated heterocycles. The summed E-state index contributed by atoms with van der Waals surface area (Å²) in [6.45, 7) is 31.9. The summed E-state index contributed by atoms with van der Waals surface area (Å²) in [6.07, 6.45) is -26.1. The lowest BCUT2D eigenvalue weighted by molar-refractivity contribution is -0.345. The van der Waals surface area contributed by atoms with Gasteiger partial charge in [0.2, 0.25) is 0 Å².